The van der Waals surface area contributed by atoms with Gasteiger partial charge in [0, 0.05) is 16.3 Å². The van der Waals surface area contributed by atoms with Crippen molar-refractivity contribution < 1.29 is 9.53 Å². The van der Waals surface area contributed by atoms with Gasteiger partial charge in [-0.25, -0.2) is 4.98 Å². The number of benzene rings is 1. The first-order chi connectivity index (χ1) is 12.2. The number of carbonyl (C=O) groups excluding carboxylic acids is 1. The summed E-state index contributed by atoms with van der Waals surface area (Å²) in [6, 6.07) is 9.99. The maximum atomic E-state index is 12.7. The number of amides is 1. The molecule has 0 radical (unpaired) electrons. The van der Waals surface area contributed by atoms with Crippen LogP contribution in [0.25, 0.3) is 10.6 Å². The normalized spacial score (nSPS) is 14.9. The highest BCUT2D eigenvalue weighted by Crippen LogP contribution is 2.41. The first-order valence-corrected chi connectivity index (χ1v) is 10.00. The number of nitrogens with zero attached hydrogens (tertiary/aromatic N) is 1. The van der Waals surface area contributed by atoms with Crippen LogP contribution in [0.3, 0.4) is 0 Å². The van der Waals surface area contributed by atoms with E-state index in [1.54, 1.807) is 18.4 Å². The van der Waals surface area contributed by atoms with Crippen LogP contribution in [0.4, 0.5) is 0 Å². The predicted molar refractivity (Wildman–Crippen MR) is 101 cm³/mol. The molecule has 0 aliphatic heterocycles. The number of rotatable bonds is 6. The van der Waals surface area contributed by atoms with E-state index in [1.807, 2.05) is 46.5 Å². The van der Waals surface area contributed by atoms with Crippen molar-refractivity contribution >= 4 is 28.6 Å². The molecule has 6 heteroatoms. The minimum absolute atomic E-state index is 0.0321. The van der Waals surface area contributed by atoms with Gasteiger partial charge < -0.3 is 10.1 Å². The monoisotopic (exact) mass is 370 g/mol. The van der Waals surface area contributed by atoms with Gasteiger partial charge in [0.25, 0.3) is 5.91 Å². The molecule has 25 heavy (non-hydrogen) atoms. The van der Waals surface area contributed by atoms with Crippen LogP contribution in [-0.2, 0) is 0 Å². The van der Waals surface area contributed by atoms with Crippen molar-refractivity contribution in [1.29, 1.82) is 0 Å². The number of hydrogen-bond donors (Lipinski definition) is 1. The van der Waals surface area contributed by atoms with Gasteiger partial charge in [0.1, 0.15) is 16.5 Å². The number of carbonyl (C=O) groups is 1. The van der Waals surface area contributed by atoms with Crippen molar-refractivity contribution in [2.24, 2.45) is 5.92 Å². The number of hydrogen-bond acceptors (Lipinski definition) is 5. The number of nitrogens with one attached hydrogen (secondary N) is 1. The van der Waals surface area contributed by atoms with Gasteiger partial charge in [-0.05, 0) is 47.9 Å². The fourth-order valence-electron chi connectivity index (χ4n) is 2.83. The topological polar surface area (TPSA) is 51.2 Å². The summed E-state index contributed by atoms with van der Waals surface area (Å²) in [5.41, 5.74) is 2.68. The summed E-state index contributed by atoms with van der Waals surface area (Å²) in [4.78, 5) is 17.2. The van der Waals surface area contributed by atoms with Gasteiger partial charge in [0.2, 0.25) is 0 Å². The molecule has 2 heterocycles. The van der Waals surface area contributed by atoms with E-state index in [9.17, 15) is 4.79 Å². The van der Waals surface area contributed by atoms with Crippen LogP contribution in [-0.4, -0.2) is 18.0 Å². The minimum atomic E-state index is -0.106. The summed E-state index contributed by atoms with van der Waals surface area (Å²) in [6.45, 7) is 0. The first-order valence-electron chi connectivity index (χ1n) is 8.17. The Hall–Kier alpha value is -2.18. The zero-order valence-electron chi connectivity index (χ0n) is 13.8. The van der Waals surface area contributed by atoms with Crippen LogP contribution in [0.2, 0.25) is 0 Å². The lowest BCUT2D eigenvalue weighted by molar-refractivity contribution is 0.0927. The molecular formula is C19H18N2O2S2. The van der Waals surface area contributed by atoms with E-state index in [4.69, 9.17) is 4.74 Å². The third-order valence-electron chi connectivity index (χ3n) is 4.36. The summed E-state index contributed by atoms with van der Waals surface area (Å²) in [5.74, 6) is 1.22. The van der Waals surface area contributed by atoms with Gasteiger partial charge in [0.05, 0.1) is 13.2 Å². The average molecular weight is 370 g/mol. The maximum absolute atomic E-state index is 12.7. The average Bonchev–Trinajstić information content (AvgIpc) is 3.13. The molecular weight excluding hydrogens is 352 g/mol. The molecule has 1 aliphatic rings. The standard InChI is InChI=1S/C19H18N2O2S2/c1-23-15-6-4-13(5-7-15)17(12-2-3-12)21-18(22)16-11-25-19(20-16)14-8-9-24-10-14/h4-12,17H,2-3H2,1H3,(H,21,22). The molecule has 0 saturated heterocycles. The van der Waals surface area contributed by atoms with Crippen LogP contribution >= 0.6 is 22.7 Å². The van der Waals surface area contributed by atoms with Crippen LogP contribution in [0.5, 0.6) is 5.75 Å². The number of methoxy groups -OCH3 is 1. The Morgan fingerprint density at radius 2 is 2.04 bits per heavy atom. The quantitative estimate of drug-likeness (QED) is 0.680. The van der Waals surface area contributed by atoms with E-state index in [1.165, 1.54) is 11.3 Å². The summed E-state index contributed by atoms with van der Waals surface area (Å²) < 4.78 is 5.22. The van der Waals surface area contributed by atoms with E-state index in [-0.39, 0.29) is 11.9 Å². The minimum Gasteiger partial charge on any atom is -0.497 e. The number of ether oxygens (including phenoxy) is 1. The van der Waals surface area contributed by atoms with Crippen molar-refractivity contribution in [1.82, 2.24) is 10.3 Å². The van der Waals surface area contributed by atoms with E-state index >= 15 is 0 Å². The van der Waals surface area contributed by atoms with Gasteiger partial charge in [-0.15, -0.1) is 11.3 Å². The third-order valence-corrected chi connectivity index (χ3v) is 5.93. The lowest BCUT2D eigenvalue weighted by Gasteiger charge is -2.18. The van der Waals surface area contributed by atoms with Gasteiger partial charge in [-0.3, -0.25) is 4.79 Å². The van der Waals surface area contributed by atoms with Crippen molar-refractivity contribution in [2.75, 3.05) is 7.11 Å². The molecule has 128 valence electrons. The van der Waals surface area contributed by atoms with E-state index in [0.717, 1.165) is 34.7 Å². The van der Waals surface area contributed by atoms with Crippen molar-refractivity contribution in [3.05, 3.63) is 57.7 Å². The van der Waals surface area contributed by atoms with Gasteiger partial charge >= 0.3 is 0 Å². The van der Waals surface area contributed by atoms with Crippen LogP contribution in [0.15, 0.2) is 46.5 Å². The van der Waals surface area contributed by atoms with Crippen molar-refractivity contribution in [2.45, 2.75) is 18.9 Å². The van der Waals surface area contributed by atoms with Crippen LogP contribution in [0.1, 0.15) is 34.9 Å². The third kappa shape index (κ3) is 3.60. The number of aromatic nitrogens is 1. The van der Waals surface area contributed by atoms with Crippen molar-refractivity contribution in [3.8, 4) is 16.3 Å². The Kier molecular flexibility index (Phi) is 4.55. The molecule has 1 aromatic carbocycles. The summed E-state index contributed by atoms with van der Waals surface area (Å²) in [6.07, 6.45) is 2.29. The highest BCUT2D eigenvalue weighted by Gasteiger charge is 2.34. The fourth-order valence-corrected chi connectivity index (χ4v) is 4.34. The zero-order chi connectivity index (χ0) is 17.2. The molecule has 1 aliphatic carbocycles. The number of thiazole rings is 1. The fraction of sp³-hybridized carbons (Fsp3) is 0.263. The summed E-state index contributed by atoms with van der Waals surface area (Å²) >= 11 is 3.14. The highest BCUT2D eigenvalue weighted by atomic mass is 32.1. The second kappa shape index (κ2) is 6.98. The second-order valence-corrected chi connectivity index (χ2v) is 7.75. The maximum Gasteiger partial charge on any atom is 0.271 e. The Labute approximate surface area is 154 Å². The molecule has 1 amide bonds. The summed E-state index contributed by atoms with van der Waals surface area (Å²) in [7, 11) is 1.66. The van der Waals surface area contributed by atoms with Gasteiger partial charge in [0.15, 0.2) is 0 Å². The Balaban J connectivity index is 1.51. The van der Waals surface area contributed by atoms with Crippen LogP contribution in [0, 0.1) is 5.92 Å². The molecule has 0 bridgehead atoms. The molecule has 4 rings (SSSR count). The van der Waals surface area contributed by atoms with E-state index in [2.05, 4.69) is 10.3 Å². The zero-order valence-corrected chi connectivity index (χ0v) is 15.4. The predicted octanol–water partition coefficient (Wildman–Crippen LogP) is 4.76. The smallest absolute Gasteiger partial charge is 0.271 e. The van der Waals surface area contributed by atoms with Crippen molar-refractivity contribution in [3.63, 3.8) is 0 Å². The lowest BCUT2D eigenvalue weighted by Crippen LogP contribution is -2.30. The van der Waals surface area contributed by atoms with E-state index < -0.39 is 0 Å². The molecule has 3 aromatic rings. The number of thiophene rings is 1. The van der Waals surface area contributed by atoms with Gasteiger partial charge in [-0.1, -0.05) is 12.1 Å². The molecule has 1 saturated carbocycles. The lowest BCUT2D eigenvalue weighted by atomic mass is 10.0. The molecule has 0 spiro atoms. The first kappa shape index (κ1) is 16.3. The molecule has 4 nitrogen and oxygen atoms in total. The second-order valence-electron chi connectivity index (χ2n) is 6.11. The molecule has 1 unspecified atom stereocenters. The van der Waals surface area contributed by atoms with Crippen LogP contribution < -0.4 is 10.1 Å². The Bertz CT molecular complexity index is 852. The SMILES string of the molecule is COc1ccc(C(NC(=O)c2csc(-c3ccsc3)n2)C2CC2)cc1. The molecule has 2 aromatic heterocycles. The Morgan fingerprint density at radius 1 is 1.24 bits per heavy atom. The Morgan fingerprint density at radius 3 is 2.68 bits per heavy atom. The largest absolute Gasteiger partial charge is 0.497 e. The van der Waals surface area contributed by atoms with Gasteiger partial charge in [-0.2, -0.15) is 11.3 Å². The molecule has 1 N–H and O–H groups in total. The summed E-state index contributed by atoms with van der Waals surface area (Å²) in [5, 5.41) is 9.96. The molecule has 1 fully saturated rings. The highest BCUT2D eigenvalue weighted by molar-refractivity contribution is 7.14. The van der Waals surface area contributed by atoms with E-state index in [0.29, 0.717) is 11.6 Å². The molecule has 1 atom stereocenters.